The van der Waals surface area contributed by atoms with Crippen LogP contribution in [0.1, 0.15) is 45.8 Å². The molecule has 0 aliphatic rings. The van der Waals surface area contributed by atoms with E-state index in [1.807, 2.05) is 33.8 Å². The first kappa shape index (κ1) is 17.9. The highest BCUT2D eigenvalue weighted by Crippen LogP contribution is 2.27. The number of pyridine rings is 1. The number of benzene rings is 1. The van der Waals surface area contributed by atoms with Gasteiger partial charge < -0.3 is 10.6 Å². The highest BCUT2D eigenvalue weighted by Gasteiger charge is 2.15. The number of aryl methyl sites for hydroxylation is 2. The lowest BCUT2D eigenvalue weighted by atomic mass is 10.1. The minimum atomic E-state index is -0.414. The Morgan fingerprint density at radius 3 is 2.46 bits per heavy atom. The summed E-state index contributed by atoms with van der Waals surface area (Å²) in [5.41, 5.74) is 2.96. The fourth-order valence-electron chi connectivity index (χ4n) is 2.29. The summed E-state index contributed by atoms with van der Waals surface area (Å²) in [6.07, 6.45) is 1.44. The first-order chi connectivity index (χ1) is 11.3. The molecule has 2 N–H and O–H groups in total. The molecule has 1 aromatic carbocycles. The van der Waals surface area contributed by atoms with Gasteiger partial charge in [-0.3, -0.25) is 14.6 Å². The van der Waals surface area contributed by atoms with E-state index in [0.717, 1.165) is 11.1 Å². The van der Waals surface area contributed by atoms with Crippen molar-refractivity contribution in [2.45, 2.75) is 33.7 Å². The van der Waals surface area contributed by atoms with Crippen molar-refractivity contribution in [1.29, 1.82) is 0 Å². The first-order valence-electron chi connectivity index (χ1n) is 7.63. The van der Waals surface area contributed by atoms with Gasteiger partial charge in [0.05, 0.1) is 10.7 Å². The lowest BCUT2D eigenvalue weighted by Crippen LogP contribution is -2.30. The molecule has 0 radical (unpaired) electrons. The molecule has 2 aromatic rings. The van der Waals surface area contributed by atoms with E-state index in [1.165, 1.54) is 12.3 Å². The highest BCUT2D eigenvalue weighted by atomic mass is 35.5. The van der Waals surface area contributed by atoms with Crippen LogP contribution in [-0.4, -0.2) is 22.8 Å². The Labute approximate surface area is 146 Å². The van der Waals surface area contributed by atoms with Gasteiger partial charge in [0.2, 0.25) is 0 Å². The van der Waals surface area contributed by atoms with E-state index in [4.69, 9.17) is 11.6 Å². The van der Waals surface area contributed by atoms with Crippen LogP contribution in [0.4, 0.5) is 5.69 Å². The molecule has 1 heterocycles. The maximum Gasteiger partial charge on any atom is 0.274 e. The van der Waals surface area contributed by atoms with Crippen molar-refractivity contribution in [3.63, 3.8) is 0 Å². The van der Waals surface area contributed by atoms with Gasteiger partial charge in [0.25, 0.3) is 11.8 Å². The number of carbonyl (C=O) groups excluding carboxylic acids is 2. The van der Waals surface area contributed by atoms with Gasteiger partial charge in [-0.25, -0.2) is 0 Å². The van der Waals surface area contributed by atoms with Gasteiger partial charge >= 0.3 is 0 Å². The molecule has 0 fully saturated rings. The predicted octanol–water partition coefficient (Wildman–Crippen LogP) is 3.74. The van der Waals surface area contributed by atoms with Gasteiger partial charge in [0.15, 0.2) is 0 Å². The van der Waals surface area contributed by atoms with Gasteiger partial charge in [0.1, 0.15) is 5.69 Å². The van der Waals surface area contributed by atoms with Crippen LogP contribution in [0.25, 0.3) is 0 Å². The fraction of sp³-hybridized carbons (Fsp3) is 0.278. The molecule has 24 heavy (non-hydrogen) atoms. The van der Waals surface area contributed by atoms with Crippen LogP contribution in [0.15, 0.2) is 30.5 Å². The van der Waals surface area contributed by atoms with Crippen molar-refractivity contribution in [2.24, 2.45) is 0 Å². The number of amides is 2. The van der Waals surface area contributed by atoms with E-state index in [1.54, 1.807) is 12.1 Å². The molecule has 6 heteroatoms. The van der Waals surface area contributed by atoms with Crippen molar-refractivity contribution in [1.82, 2.24) is 10.3 Å². The molecule has 5 nitrogen and oxygen atoms in total. The average molecular weight is 346 g/mol. The number of halogens is 1. The van der Waals surface area contributed by atoms with Crippen LogP contribution < -0.4 is 10.6 Å². The molecular formula is C18H20ClN3O2. The molecule has 0 aliphatic carbocycles. The summed E-state index contributed by atoms with van der Waals surface area (Å²) in [6, 6.07) is 6.76. The second kappa shape index (κ2) is 7.45. The first-order valence-corrected chi connectivity index (χ1v) is 8.00. The smallest absolute Gasteiger partial charge is 0.274 e. The van der Waals surface area contributed by atoms with Gasteiger partial charge in [-0.2, -0.15) is 0 Å². The Balaban J connectivity index is 2.24. The Bertz CT molecular complexity index is 765. The van der Waals surface area contributed by atoms with E-state index in [2.05, 4.69) is 15.6 Å². The SMILES string of the molecule is Cc1cc(C)c(NC(=O)c2cc(C(=O)NC(C)C)ccn2)c(Cl)c1. The number of carbonyl (C=O) groups is 2. The van der Waals surface area contributed by atoms with Crippen molar-refractivity contribution in [3.05, 3.63) is 57.9 Å². The molecular weight excluding hydrogens is 326 g/mol. The van der Waals surface area contributed by atoms with Crippen molar-refractivity contribution >= 4 is 29.1 Å². The lowest BCUT2D eigenvalue weighted by molar-refractivity contribution is 0.0943. The number of aromatic nitrogens is 1. The zero-order valence-corrected chi connectivity index (χ0v) is 14.9. The van der Waals surface area contributed by atoms with E-state index < -0.39 is 5.91 Å². The van der Waals surface area contributed by atoms with E-state index in [-0.39, 0.29) is 17.6 Å². The summed E-state index contributed by atoms with van der Waals surface area (Å²) >= 11 is 6.21. The Kier molecular flexibility index (Phi) is 5.57. The number of anilines is 1. The molecule has 2 amide bonds. The summed E-state index contributed by atoms with van der Waals surface area (Å²) in [5, 5.41) is 6.01. The second-order valence-corrected chi connectivity index (χ2v) is 6.36. The van der Waals surface area contributed by atoms with Crippen LogP contribution >= 0.6 is 11.6 Å². The average Bonchev–Trinajstić information content (AvgIpc) is 2.50. The van der Waals surface area contributed by atoms with Crippen LogP contribution in [0.3, 0.4) is 0 Å². The number of nitrogens with one attached hydrogen (secondary N) is 2. The molecule has 0 saturated carbocycles. The fourth-order valence-corrected chi connectivity index (χ4v) is 2.66. The minimum Gasteiger partial charge on any atom is -0.350 e. The Hall–Kier alpha value is -2.40. The van der Waals surface area contributed by atoms with Crippen LogP contribution in [0.2, 0.25) is 5.02 Å². The molecule has 1 aromatic heterocycles. The maximum atomic E-state index is 12.4. The molecule has 0 saturated heterocycles. The molecule has 2 rings (SSSR count). The van der Waals surface area contributed by atoms with Crippen molar-refractivity contribution in [3.8, 4) is 0 Å². The van der Waals surface area contributed by atoms with Crippen LogP contribution in [0, 0.1) is 13.8 Å². The van der Waals surface area contributed by atoms with Crippen molar-refractivity contribution < 1.29 is 9.59 Å². The third-order valence-electron chi connectivity index (χ3n) is 3.34. The zero-order chi connectivity index (χ0) is 17.9. The number of rotatable bonds is 4. The summed E-state index contributed by atoms with van der Waals surface area (Å²) < 4.78 is 0. The molecule has 0 spiro atoms. The molecule has 0 bridgehead atoms. The number of nitrogens with zero attached hydrogens (tertiary/aromatic N) is 1. The molecule has 0 unspecified atom stereocenters. The second-order valence-electron chi connectivity index (χ2n) is 5.95. The minimum absolute atomic E-state index is 0.0111. The standard InChI is InChI=1S/C18H20ClN3O2/c1-10(2)21-17(23)13-5-6-20-15(9-13)18(24)22-16-12(4)7-11(3)8-14(16)19/h5-10H,1-4H3,(H,21,23)(H,22,24). The summed E-state index contributed by atoms with van der Waals surface area (Å²) in [7, 11) is 0. The van der Waals surface area contributed by atoms with Crippen LogP contribution in [0.5, 0.6) is 0 Å². The number of hydrogen-bond donors (Lipinski definition) is 2. The zero-order valence-electron chi connectivity index (χ0n) is 14.1. The maximum absolute atomic E-state index is 12.4. The summed E-state index contributed by atoms with van der Waals surface area (Å²) in [6.45, 7) is 7.54. The Morgan fingerprint density at radius 2 is 1.83 bits per heavy atom. The molecule has 0 atom stereocenters. The van der Waals surface area contributed by atoms with Gasteiger partial charge in [0, 0.05) is 17.8 Å². The lowest BCUT2D eigenvalue weighted by Gasteiger charge is -2.12. The Morgan fingerprint density at radius 1 is 1.12 bits per heavy atom. The van der Waals surface area contributed by atoms with E-state index >= 15 is 0 Å². The quantitative estimate of drug-likeness (QED) is 0.886. The molecule has 126 valence electrons. The normalized spacial score (nSPS) is 10.6. The van der Waals surface area contributed by atoms with E-state index in [0.29, 0.717) is 16.3 Å². The predicted molar refractivity (Wildman–Crippen MR) is 95.7 cm³/mol. The summed E-state index contributed by atoms with van der Waals surface area (Å²) in [5.74, 6) is -0.658. The summed E-state index contributed by atoms with van der Waals surface area (Å²) in [4.78, 5) is 28.5. The van der Waals surface area contributed by atoms with E-state index in [9.17, 15) is 9.59 Å². The third-order valence-corrected chi connectivity index (χ3v) is 3.64. The third kappa shape index (κ3) is 4.32. The molecule has 0 aliphatic heterocycles. The topological polar surface area (TPSA) is 71.1 Å². The van der Waals surface area contributed by atoms with Gasteiger partial charge in [-0.05, 0) is 57.0 Å². The van der Waals surface area contributed by atoms with Crippen LogP contribution in [-0.2, 0) is 0 Å². The van der Waals surface area contributed by atoms with Gasteiger partial charge in [-0.15, -0.1) is 0 Å². The number of hydrogen-bond acceptors (Lipinski definition) is 3. The van der Waals surface area contributed by atoms with Gasteiger partial charge in [-0.1, -0.05) is 17.7 Å². The monoisotopic (exact) mass is 345 g/mol. The van der Waals surface area contributed by atoms with Crippen molar-refractivity contribution in [2.75, 3.05) is 5.32 Å². The highest BCUT2D eigenvalue weighted by molar-refractivity contribution is 6.34. The largest absolute Gasteiger partial charge is 0.350 e.